The first-order valence-electron chi connectivity index (χ1n) is 7.12. The van der Waals surface area contributed by atoms with Crippen molar-refractivity contribution in [1.29, 1.82) is 0 Å². The maximum absolute atomic E-state index is 9.61. The third kappa shape index (κ3) is 3.33. The molecule has 0 spiro atoms. The van der Waals surface area contributed by atoms with Gasteiger partial charge >= 0.3 is 0 Å². The van der Waals surface area contributed by atoms with Crippen LogP contribution < -0.4 is 0 Å². The molecule has 18 heavy (non-hydrogen) atoms. The summed E-state index contributed by atoms with van der Waals surface area (Å²) in [6.45, 7) is 3.58. The van der Waals surface area contributed by atoms with Gasteiger partial charge in [-0.3, -0.25) is 4.90 Å². The van der Waals surface area contributed by atoms with Gasteiger partial charge in [0, 0.05) is 6.54 Å². The molecule has 2 heteroatoms. The van der Waals surface area contributed by atoms with Crippen molar-refractivity contribution in [2.45, 2.75) is 32.2 Å². The Labute approximate surface area is 111 Å². The number of nitrogens with zero attached hydrogens (tertiary/aromatic N) is 1. The molecule has 1 aromatic rings. The highest BCUT2D eigenvalue weighted by Gasteiger charge is 2.37. The molecule has 0 amide bonds. The number of hydrogen-bond donors (Lipinski definition) is 1. The van der Waals surface area contributed by atoms with Gasteiger partial charge in [0.2, 0.25) is 0 Å². The topological polar surface area (TPSA) is 23.5 Å². The van der Waals surface area contributed by atoms with Crippen LogP contribution in [-0.4, -0.2) is 30.2 Å². The first kappa shape index (κ1) is 13.6. The van der Waals surface area contributed by atoms with Crippen LogP contribution in [0.3, 0.4) is 0 Å². The van der Waals surface area contributed by atoms with Gasteiger partial charge in [-0.05, 0) is 30.9 Å². The van der Waals surface area contributed by atoms with Crippen LogP contribution in [0.5, 0.6) is 0 Å². The van der Waals surface area contributed by atoms with Gasteiger partial charge in [-0.25, -0.2) is 0 Å². The lowest BCUT2D eigenvalue weighted by Crippen LogP contribution is -2.29. The Kier molecular flexibility index (Phi) is 4.79. The lowest BCUT2D eigenvalue weighted by molar-refractivity contribution is 0.142. The van der Waals surface area contributed by atoms with E-state index in [1.807, 2.05) is 18.2 Å². The summed E-state index contributed by atoms with van der Waals surface area (Å²) >= 11 is 0. The van der Waals surface area contributed by atoms with E-state index in [-0.39, 0.29) is 12.6 Å². The fourth-order valence-corrected chi connectivity index (χ4v) is 2.93. The van der Waals surface area contributed by atoms with Crippen LogP contribution in [0.15, 0.2) is 30.3 Å². The predicted molar refractivity (Wildman–Crippen MR) is 75.4 cm³/mol. The first-order valence-corrected chi connectivity index (χ1v) is 7.12. The summed E-state index contributed by atoms with van der Waals surface area (Å²) in [5.41, 5.74) is 1.22. The smallest absolute Gasteiger partial charge is 0.0628 e. The van der Waals surface area contributed by atoms with E-state index in [2.05, 4.69) is 31.0 Å². The van der Waals surface area contributed by atoms with Crippen LogP contribution in [0.25, 0.3) is 0 Å². The van der Waals surface area contributed by atoms with E-state index in [9.17, 15) is 5.11 Å². The van der Waals surface area contributed by atoms with E-state index in [0.29, 0.717) is 0 Å². The fraction of sp³-hybridized carbons (Fsp3) is 0.625. The molecule has 1 fully saturated rings. The largest absolute Gasteiger partial charge is 0.394 e. The molecule has 0 bridgehead atoms. The molecule has 1 aliphatic rings. The zero-order valence-corrected chi connectivity index (χ0v) is 11.5. The van der Waals surface area contributed by atoms with Gasteiger partial charge in [-0.1, -0.05) is 50.1 Å². The zero-order chi connectivity index (χ0) is 13.0. The van der Waals surface area contributed by atoms with E-state index < -0.39 is 0 Å². The predicted octanol–water partition coefficient (Wildman–Crippen LogP) is 3.09. The molecule has 2 rings (SSSR count). The third-order valence-electron chi connectivity index (χ3n) is 4.14. The summed E-state index contributed by atoms with van der Waals surface area (Å²) < 4.78 is 0. The van der Waals surface area contributed by atoms with Gasteiger partial charge in [0.05, 0.1) is 12.6 Å². The molecule has 0 unspecified atom stereocenters. The lowest BCUT2D eigenvalue weighted by atomic mass is 10.1. The van der Waals surface area contributed by atoms with E-state index >= 15 is 0 Å². The molecule has 1 aliphatic carbocycles. The van der Waals surface area contributed by atoms with Gasteiger partial charge in [0.1, 0.15) is 0 Å². The summed E-state index contributed by atoms with van der Waals surface area (Å²) in [6.07, 6.45) is 4.05. The molecule has 0 heterocycles. The molecule has 100 valence electrons. The Morgan fingerprint density at radius 2 is 2.00 bits per heavy atom. The Bertz CT molecular complexity index is 351. The van der Waals surface area contributed by atoms with E-state index in [0.717, 1.165) is 18.4 Å². The standard InChI is InChI=1S/C16H25NO/c1-3-7-14-10-15(14)11-17(2)16(12-18)13-8-5-4-6-9-13/h4-6,8-9,14-16,18H,3,7,10-12H2,1-2H3/t14-,15+,16+/m0/s1. The Morgan fingerprint density at radius 3 is 2.61 bits per heavy atom. The second kappa shape index (κ2) is 6.35. The summed E-state index contributed by atoms with van der Waals surface area (Å²) in [6, 6.07) is 10.5. The quantitative estimate of drug-likeness (QED) is 0.800. The highest BCUT2D eigenvalue weighted by Crippen LogP contribution is 2.43. The molecule has 0 aliphatic heterocycles. The molecule has 2 nitrogen and oxygen atoms in total. The molecular weight excluding hydrogens is 222 g/mol. The molecule has 1 saturated carbocycles. The Balaban J connectivity index is 1.89. The van der Waals surface area contributed by atoms with Gasteiger partial charge in [-0.15, -0.1) is 0 Å². The van der Waals surface area contributed by atoms with Crippen molar-refractivity contribution in [3.63, 3.8) is 0 Å². The highest BCUT2D eigenvalue weighted by atomic mass is 16.3. The molecule has 0 aromatic heterocycles. The summed E-state index contributed by atoms with van der Waals surface area (Å²) in [5.74, 6) is 1.79. The van der Waals surface area contributed by atoms with Crippen molar-refractivity contribution in [2.75, 3.05) is 20.2 Å². The van der Waals surface area contributed by atoms with Crippen LogP contribution in [0.1, 0.15) is 37.8 Å². The van der Waals surface area contributed by atoms with E-state index in [4.69, 9.17) is 0 Å². The number of aliphatic hydroxyl groups excluding tert-OH is 1. The van der Waals surface area contributed by atoms with Gasteiger partial charge in [-0.2, -0.15) is 0 Å². The number of likely N-dealkylation sites (N-methyl/N-ethyl adjacent to an activating group) is 1. The fourth-order valence-electron chi connectivity index (χ4n) is 2.93. The average molecular weight is 247 g/mol. The number of rotatable bonds is 7. The number of benzene rings is 1. The van der Waals surface area contributed by atoms with Crippen molar-refractivity contribution < 1.29 is 5.11 Å². The van der Waals surface area contributed by atoms with Crippen LogP contribution >= 0.6 is 0 Å². The van der Waals surface area contributed by atoms with Gasteiger partial charge in [0.25, 0.3) is 0 Å². The molecular formula is C16H25NO. The molecule has 1 N–H and O–H groups in total. The average Bonchev–Trinajstić information content (AvgIpc) is 3.10. The SMILES string of the molecule is CCC[C@H]1C[C@@H]1CN(C)[C@H](CO)c1ccccc1. The van der Waals surface area contributed by atoms with Crippen molar-refractivity contribution >= 4 is 0 Å². The minimum absolute atomic E-state index is 0.147. The normalized spacial score (nSPS) is 24.2. The van der Waals surface area contributed by atoms with Crippen molar-refractivity contribution in [1.82, 2.24) is 4.90 Å². The van der Waals surface area contributed by atoms with Crippen LogP contribution in [-0.2, 0) is 0 Å². The van der Waals surface area contributed by atoms with Crippen molar-refractivity contribution in [2.24, 2.45) is 11.8 Å². The third-order valence-corrected chi connectivity index (χ3v) is 4.14. The molecule has 0 radical (unpaired) electrons. The minimum Gasteiger partial charge on any atom is -0.394 e. The maximum Gasteiger partial charge on any atom is 0.0628 e. The van der Waals surface area contributed by atoms with Crippen LogP contribution in [0.4, 0.5) is 0 Å². The van der Waals surface area contributed by atoms with E-state index in [1.54, 1.807) is 0 Å². The van der Waals surface area contributed by atoms with Gasteiger partial charge < -0.3 is 5.11 Å². The zero-order valence-electron chi connectivity index (χ0n) is 11.5. The van der Waals surface area contributed by atoms with E-state index in [1.165, 1.54) is 24.8 Å². The Hall–Kier alpha value is -0.860. The maximum atomic E-state index is 9.61. The van der Waals surface area contributed by atoms with Crippen molar-refractivity contribution in [3.05, 3.63) is 35.9 Å². The minimum atomic E-state index is 0.147. The van der Waals surface area contributed by atoms with Crippen molar-refractivity contribution in [3.8, 4) is 0 Å². The second-order valence-electron chi connectivity index (χ2n) is 5.59. The Morgan fingerprint density at radius 1 is 1.28 bits per heavy atom. The first-order chi connectivity index (χ1) is 8.76. The molecule has 3 atom stereocenters. The number of hydrogen-bond acceptors (Lipinski definition) is 2. The highest BCUT2D eigenvalue weighted by molar-refractivity contribution is 5.19. The lowest BCUT2D eigenvalue weighted by Gasteiger charge is -2.27. The molecule has 0 saturated heterocycles. The monoisotopic (exact) mass is 247 g/mol. The van der Waals surface area contributed by atoms with Crippen LogP contribution in [0.2, 0.25) is 0 Å². The summed E-state index contributed by atoms with van der Waals surface area (Å²) in [7, 11) is 2.13. The molecule has 1 aromatic carbocycles. The van der Waals surface area contributed by atoms with Gasteiger partial charge in [0.15, 0.2) is 0 Å². The summed E-state index contributed by atoms with van der Waals surface area (Å²) in [5, 5.41) is 9.61. The second-order valence-corrected chi connectivity index (χ2v) is 5.59. The summed E-state index contributed by atoms with van der Waals surface area (Å²) in [4.78, 5) is 2.32. The number of aliphatic hydroxyl groups is 1. The van der Waals surface area contributed by atoms with Crippen LogP contribution in [0, 0.1) is 11.8 Å².